The number of rotatable bonds is 2. The van der Waals surface area contributed by atoms with E-state index in [0.29, 0.717) is 11.4 Å². The molecule has 0 spiro atoms. The number of hydrogen-bond acceptors (Lipinski definition) is 3. The molecule has 2 aliphatic heterocycles. The number of amides is 2. The van der Waals surface area contributed by atoms with E-state index in [9.17, 15) is 9.59 Å². The zero-order chi connectivity index (χ0) is 15.8. The van der Waals surface area contributed by atoms with Gasteiger partial charge in [-0.25, -0.2) is 0 Å². The predicted octanol–water partition coefficient (Wildman–Crippen LogP) is 2.94. The van der Waals surface area contributed by atoms with Crippen molar-refractivity contribution in [3.05, 3.63) is 52.2 Å². The molecule has 2 aromatic rings. The minimum absolute atomic E-state index is 0.0108. The van der Waals surface area contributed by atoms with Gasteiger partial charge in [0, 0.05) is 18.8 Å². The molecule has 5 heteroatoms. The van der Waals surface area contributed by atoms with Gasteiger partial charge in [-0.15, -0.1) is 11.3 Å². The summed E-state index contributed by atoms with van der Waals surface area (Å²) in [6.45, 7) is 1.39. The topological polar surface area (TPSA) is 40.6 Å². The molecule has 0 unspecified atom stereocenters. The van der Waals surface area contributed by atoms with E-state index in [1.54, 1.807) is 4.90 Å². The summed E-state index contributed by atoms with van der Waals surface area (Å²) < 4.78 is 0. The van der Waals surface area contributed by atoms with Gasteiger partial charge in [-0.05, 0) is 42.3 Å². The van der Waals surface area contributed by atoms with Crippen LogP contribution in [-0.4, -0.2) is 35.8 Å². The molecule has 1 aromatic carbocycles. The maximum atomic E-state index is 13.0. The summed E-state index contributed by atoms with van der Waals surface area (Å²) in [6, 6.07) is 11.4. The monoisotopic (exact) mass is 326 g/mol. The van der Waals surface area contributed by atoms with Crippen LogP contribution in [0, 0.1) is 0 Å². The average Bonchev–Trinajstić information content (AvgIpc) is 3.33. The largest absolute Gasteiger partial charge is 0.326 e. The van der Waals surface area contributed by atoms with Crippen molar-refractivity contribution in [2.45, 2.75) is 25.3 Å². The number of fused-ring (bicyclic) bond motifs is 1. The third-order valence-corrected chi connectivity index (χ3v) is 5.54. The van der Waals surface area contributed by atoms with E-state index in [-0.39, 0.29) is 17.9 Å². The summed E-state index contributed by atoms with van der Waals surface area (Å²) in [5.74, 6) is 0.0562. The van der Waals surface area contributed by atoms with Crippen LogP contribution in [0.1, 0.15) is 28.1 Å². The van der Waals surface area contributed by atoms with Crippen molar-refractivity contribution in [2.75, 3.05) is 18.0 Å². The Hall–Kier alpha value is -2.14. The Balaban J connectivity index is 1.58. The lowest BCUT2D eigenvalue weighted by atomic mass is 10.1. The number of benzene rings is 1. The summed E-state index contributed by atoms with van der Waals surface area (Å²) in [5.41, 5.74) is 2.22. The molecule has 1 fully saturated rings. The van der Waals surface area contributed by atoms with Gasteiger partial charge in [0.25, 0.3) is 5.91 Å². The highest BCUT2D eigenvalue weighted by molar-refractivity contribution is 7.12. The molecule has 3 heterocycles. The molecule has 0 bridgehead atoms. The van der Waals surface area contributed by atoms with Crippen molar-refractivity contribution in [2.24, 2.45) is 0 Å². The second-order valence-corrected chi connectivity index (χ2v) is 6.95. The summed E-state index contributed by atoms with van der Waals surface area (Å²) in [4.78, 5) is 30.0. The molecule has 1 atom stereocenters. The number of para-hydroxylation sites is 1. The highest BCUT2D eigenvalue weighted by Crippen LogP contribution is 2.31. The second kappa shape index (κ2) is 5.81. The van der Waals surface area contributed by atoms with Crippen molar-refractivity contribution in [3.63, 3.8) is 0 Å². The van der Waals surface area contributed by atoms with Gasteiger partial charge in [-0.1, -0.05) is 24.3 Å². The van der Waals surface area contributed by atoms with Crippen LogP contribution in [-0.2, 0) is 11.2 Å². The van der Waals surface area contributed by atoms with Gasteiger partial charge in [0.1, 0.15) is 6.04 Å². The zero-order valence-electron chi connectivity index (χ0n) is 12.8. The first-order valence-corrected chi connectivity index (χ1v) is 8.87. The molecule has 0 radical (unpaired) electrons. The summed E-state index contributed by atoms with van der Waals surface area (Å²) in [5, 5.41) is 1.90. The molecule has 118 valence electrons. The van der Waals surface area contributed by atoms with Gasteiger partial charge < -0.3 is 9.80 Å². The molecule has 2 amide bonds. The maximum Gasteiger partial charge on any atom is 0.264 e. The van der Waals surface area contributed by atoms with E-state index in [1.807, 2.05) is 40.6 Å². The third-order valence-electron chi connectivity index (χ3n) is 4.68. The number of nitrogens with zero attached hydrogens (tertiary/aromatic N) is 2. The van der Waals surface area contributed by atoms with Crippen molar-refractivity contribution in [1.82, 2.24) is 4.90 Å². The second-order valence-electron chi connectivity index (χ2n) is 6.00. The molecule has 0 N–H and O–H groups in total. The van der Waals surface area contributed by atoms with Gasteiger partial charge in [0.2, 0.25) is 5.91 Å². The van der Waals surface area contributed by atoms with Gasteiger partial charge in [-0.2, -0.15) is 0 Å². The van der Waals surface area contributed by atoms with E-state index in [2.05, 4.69) is 6.07 Å². The Kier molecular flexibility index (Phi) is 3.65. The number of thiophene rings is 1. The van der Waals surface area contributed by atoms with Gasteiger partial charge >= 0.3 is 0 Å². The lowest BCUT2D eigenvalue weighted by Gasteiger charge is -2.28. The van der Waals surface area contributed by atoms with Crippen molar-refractivity contribution >= 4 is 28.8 Å². The third kappa shape index (κ3) is 2.45. The predicted molar refractivity (Wildman–Crippen MR) is 90.9 cm³/mol. The molecular weight excluding hydrogens is 308 g/mol. The fraction of sp³-hybridized carbons (Fsp3) is 0.333. The Morgan fingerprint density at radius 1 is 1.09 bits per heavy atom. The molecule has 4 rings (SSSR count). The van der Waals surface area contributed by atoms with Gasteiger partial charge in [-0.3, -0.25) is 9.59 Å². The molecule has 0 saturated carbocycles. The molecule has 1 aromatic heterocycles. The SMILES string of the molecule is O=C([C@H]1CCCN1C(=O)c1cccs1)N1CCc2ccccc21. The lowest BCUT2D eigenvalue weighted by Crippen LogP contribution is -2.47. The average molecular weight is 326 g/mol. The Labute approximate surface area is 139 Å². The Morgan fingerprint density at radius 3 is 2.78 bits per heavy atom. The Morgan fingerprint density at radius 2 is 1.96 bits per heavy atom. The number of likely N-dealkylation sites (tertiary alicyclic amines) is 1. The first-order valence-electron chi connectivity index (χ1n) is 7.99. The highest BCUT2D eigenvalue weighted by atomic mass is 32.1. The Bertz CT molecular complexity index is 741. The minimum atomic E-state index is -0.323. The van der Waals surface area contributed by atoms with Crippen LogP contribution in [0.5, 0.6) is 0 Å². The van der Waals surface area contributed by atoms with Crippen molar-refractivity contribution < 1.29 is 9.59 Å². The van der Waals surface area contributed by atoms with Crippen LogP contribution in [0.2, 0.25) is 0 Å². The van der Waals surface area contributed by atoms with E-state index < -0.39 is 0 Å². The van der Waals surface area contributed by atoms with E-state index in [4.69, 9.17) is 0 Å². The van der Waals surface area contributed by atoms with Gasteiger partial charge in [0.05, 0.1) is 4.88 Å². The smallest absolute Gasteiger partial charge is 0.264 e. The molecule has 0 aliphatic carbocycles. The van der Waals surface area contributed by atoms with Crippen molar-refractivity contribution in [1.29, 1.82) is 0 Å². The quantitative estimate of drug-likeness (QED) is 0.851. The normalized spacial score (nSPS) is 19.9. The fourth-order valence-corrected chi connectivity index (χ4v) is 4.23. The van der Waals surface area contributed by atoms with E-state index in [1.165, 1.54) is 16.9 Å². The van der Waals surface area contributed by atoms with E-state index >= 15 is 0 Å². The molecule has 23 heavy (non-hydrogen) atoms. The summed E-state index contributed by atoms with van der Waals surface area (Å²) in [7, 11) is 0. The summed E-state index contributed by atoms with van der Waals surface area (Å²) >= 11 is 1.44. The van der Waals surface area contributed by atoms with Crippen LogP contribution in [0.3, 0.4) is 0 Å². The van der Waals surface area contributed by atoms with Gasteiger partial charge in [0.15, 0.2) is 0 Å². The van der Waals surface area contributed by atoms with Crippen LogP contribution >= 0.6 is 11.3 Å². The minimum Gasteiger partial charge on any atom is -0.326 e. The van der Waals surface area contributed by atoms with Crippen molar-refractivity contribution in [3.8, 4) is 0 Å². The number of hydrogen-bond donors (Lipinski definition) is 0. The number of carbonyl (C=O) groups is 2. The maximum absolute atomic E-state index is 13.0. The standard InChI is InChI=1S/C18H18N2O2S/c21-17(20-11-9-13-5-1-2-6-14(13)20)15-7-3-10-19(15)18(22)16-8-4-12-23-16/h1-2,4-6,8,12,15H,3,7,9-11H2/t15-/m1/s1. The van der Waals surface area contributed by atoms with Crippen LogP contribution < -0.4 is 4.90 Å². The summed E-state index contributed by atoms with van der Waals surface area (Å²) in [6.07, 6.45) is 2.55. The number of anilines is 1. The highest BCUT2D eigenvalue weighted by Gasteiger charge is 2.39. The zero-order valence-corrected chi connectivity index (χ0v) is 13.6. The molecule has 4 nitrogen and oxygen atoms in total. The lowest BCUT2D eigenvalue weighted by molar-refractivity contribution is -0.122. The fourth-order valence-electron chi connectivity index (χ4n) is 3.56. The van der Waals surface area contributed by atoms with Crippen LogP contribution in [0.25, 0.3) is 0 Å². The van der Waals surface area contributed by atoms with E-state index in [0.717, 1.165) is 31.5 Å². The first-order chi connectivity index (χ1) is 11.3. The van der Waals surface area contributed by atoms with Crippen LogP contribution in [0.15, 0.2) is 41.8 Å². The molecular formula is C18H18N2O2S. The van der Waals surface area contributed by atoms with Crippen LogP contribution in [0.4, 0.5) is 5.69 Å². The molecule has 1 saturated heterocycles. The number of carbonyl (C=O) groups excluding carboxylic acids is 2. The molecule has 2 aliphatic rings. The first kappa shape index (κ1) is 14.5.